The summed E-state index contributed by atoms with van der Waals surface area (Å²) in [5.74, 6) is 0.356. The van der Waals surface area contributed by atoms with Gasteiger partial charge in [-0.25, -0.2) is 0 Å². The Morgan fingerprint density at radius 3 is 2.56 bits per heavy atom. The number of aliphatic hydroxyl groups is 1. The largest absolute Gasteiger partial charge is 0.396 e. The Balaban J connectivity index is 2.58. The second kappa shape index (κ2) is 7.17. The Labute approximate surface area is 109 Å². The van der Waals surface area contributed by atoms with Crippen LogP contribution in [0.2, 0.25) is 0 Å². The second-order valence-electron chi connectivity index (χ2n) is 5.03. The lowest BCUT2D eigenvalue weighted by Gasteiger charge is -2.21. The lowest BCUT2D eigenvalue weighted by molar-refractivity contribution is -0.121. The minimum absolute atomic E-state index is 0.0245. The molecule has 18 heavy (non-hydrogen) atoms. The van der Waals surface area contributed by atoms with Gasteiger partial charge in [0.05, 0.1) is 6.42 Å². The number of carbonyl (C=O) groups is 1. The van der Waals surface area contributed by atoms with Crippen LogP contribution in [-0.2, 0) is 11.2 Å². The summed E-state index contributed by atoms with van der Waals surface area (Å²) in [7, 11) is 0. The van der Waals surface area contributed by atoms with Crippen LogP contribution >= 0.6 is 0 Å². The van der Waals surface area contributed by atoms with Gasteiger partial charge in [-0.3, -0.25) is 4.79 Å². The molecule has 0 saturated carbocycles. The molecule has 0 aliphatic carbocycles. The average molecular weight is 249 g/mol. The Hall–Kier alpha value is -1.35. The molecule has 1 rings (SSSR count). The first-order valence-electron chi connectivity index (χ1n) is 6.49. The zero-order valence-electron chi connectivity index (χ0n) is 11.4. The topological polar surface area (TPSA) is 49.3 Å². The van der Waals surface area contributed by atoms with Crippen molar-refractivity contribution >= 4 is 5.91 Å². The highest BCUT2D eigenvalue weighted by Crippen LogP contribution is 2.09. The summed E-state index contributed by atoms with van der Waals surface area (Å²) in [6.07, 6.45) is 1.01. The third-order valence-corrected chi connectivity index (χ3v) is 3.20. The van der Waals surface area contributed by atoms with E-state index in [1.165, 1.54) is 0 Å². The fraction of sp³-hybridized carbons (Fsp3) is 0.533. The molecule has 3 nitrogen and oxygen atoms in total. The van der Waals surface area contributed by atoms with Crippen molar-refractivity contribution in [1.82, 2.24) is 5.32 Å². The second-order valence-corrected chi connectivity index (χ2v) is 5.03. The lowest BCUT2D eigenvalue weighted by Crippen LogP contribution is -2.40. The first-order chi connectivity index (χ1) is 8.54. The summed E-state index contributed by atoms with van der Waals surface area (Å²) in [6.45, 7) is 6.21. The number of aryl methyl sites for hydroxylation is 1. The number of rotatable bonds is 6. The smallest absolute Gasteiger partial charge is 0.224 e. The summed E-state index contributed by atoms with van der Waals surface area (Å²) < 4.78 is 0. The van der Waals surface area contributed by atoms with Gasteiger partial charge in [0.2, 0.25) is 5.91 Å². The number of hydrogen-bond donors (Lipinski definition) is 2. The SMILES string of the molecule is Cc1ccccc1CC(=O)NC(CCO)C(C)C. The third-order valence-electron chi connectivity index (χ3n) is 3.20. The van der Waals surface area contributed by atoms with E-state index in [1.54, 1.807) is 0 Å². The Kier molecular flexibility index (Phi) is 5.86. The maximum atomic E-state index is 12.0. The van der Waals surface area contributed by atoms with E-state index in [0.717, 1.165) is 11.1 Å². The molecule has 2 N–H and O–H groups in total. The average Bonchev–Trinajstić information content (AvgIpc) is 2.31. The van der Waals surface area contributed by atoms with Gasteiger partial charge in [0.15, 0.2) is 0 Å². The van der Waals surface area contributed by atoms with E-state index in [4.69, 9.17) is 5.11 Å². The van der Waals surface area contributed by atoms with Crippen LogP contribution in [0.15, 0.2) is 24.3 Å². The van der Waals surface area contributed by atoms with Gasteiger partial charge in [0.25, 0.3) is 0 Å². The van der Waals surface area contributed by atoms with Crippen molar-refractivity contribution in [2.45, 2.75) is 39.7 Å². The number of aliphatic hydroxyl groups excluding tert-OH is 1. The van der Waals surface area contributed by atoms with Gasteiger partial charge in [-0.05, 0) is 30.4 Å². The summed E-state index contributed by atoms with van der Waals surface area (Å²) in [4.78, 5) is 12.0. The lowest BCUT2D eigenvalue weighted by atomic mass is 10.00. The molecule has 1 aromatic carbocycles. The fourth-order valence-electron chi connectivity index (χ4n) is 1.95. The highest BCUT2D eigenvalue weighted by atomic mass is 16.3. The molecule has 1 unspecified atom stereocenters. The normalized spacial score (nSPS) is 12.5. The van der Waals surface area contributed by atoms with Crippen molar-refractivity contribution in [2.75, 3.05) is 6.61 Å². The molecule has 1 amide bonds. The molecule has 0 aliphatic rings. The maximum Gasteiger partial charge on any atom is 0.224 e. The number of benzene rings is 1. The van der Waals surface area contributed by atoms with Crippen LogP contribution in [0.1, 0.15) is 31.4 Å². The summed E-state index contributed by atoms with van der Waals surface area (Å²) >= 11 is 0. The fourth-order valence-corrected chi connectivity index (χ4v) is 1.95. The van der Waals surface area contributed by atoms with Crippen LogP contribution in [-0.4, -0.2) is 23.7 Å². The van der Waals surface area contributed by atoms with Gasteiger partial charge < -0.3 is 10.4 Å². The minimum Gasteiger partial charge on any atom is -0.396 e. The van der Waals surface area contributed by atoms with Crippen molar-refractivity contribution in [2.24, 2.45) is 5.92 Å². The van der Waals surface area contributed by atoms with Gasteiger partial charge >= 0.3 is 0 Å². The van der Waals surface area contributed by atoms with Gasteiger partial charge in [0, 0.05) is 12.6 Å². The van der Waals surface area contributed by atoms with Gasteiger partial charge in [-0.15, -0.1) is 0 Å². The monoisotopic (exact) mass is 249 g/mol. The van der Waals surface area contributed by atoms with Crippen molar-refractivity contribution < 1.29 is 9.90 Å². The molecule has 0 aromatic heterocycles. The maximum absolute atomic E-state index is 12.0. The van der Waals surface area contributed by atoms with E-state index < -0.39 is 0 Å². The van der Waals surface area contributed by atoms with Crippen molar-refractivity contribution in [3.8, 4) is 0 Å². The van der Waals surface area contributed by atoms with E-state index >= 15 is 0 Å². The minimum atomic E-state index is 0.0245. The highest BCUT2D eigenvalue weighted by Gasteiger charge is 2.16. The molecular weight excluding hydrogens is 226 g/mol. The van der Waals surface area contributed by atoms with Crippen LogP contribution in [0.25, 0.3) is 0 Å². The highest BCUT2D eigenvalue weighted by molar-refractivity contribution is 5.79. The third kappa shape index (κ3) is 4.49. The predicted molar refractivity (Wildman–Crippen MR) is 73.4 cm³/mol. The number of nitrogens with one attached hydrogen (secondary N) is 1. The van der Waals surface area contributed by atoms with Gasteiger partial charge in [-0.2, -0.15) is 0 Å². The molecule has 0 aliphatic heterocycles. The van der Waals surface area contributed by atoms with Crippen LogP contribution in [0.3, 0.4) is 0 Å². The number of carbonyl (C=O) groups excluding carboxylic acids is 1. The van der Waals surface area contributed by atoms with Crippen molar-refractivity contribution in [3.05, 3.63) is 35.4 Å². The van der Waals surface area contributed by atoms with Gasteiger partial charge in [-0.1, -0.05) is 38.1 Å². The quantitative estimate of drug-likeness (QED) is 0.810. The van der Waals surface area contributed by atoms with E-state index in [0.29, 0.717) is 18.8 Å². The Morgan fingerprint density at radius 2 is 2.00 bits per heavy atom. The van der Waals surface area contributed by atoms with Crippen LogP contribution in [0.4, 0.5) is 0 Å². The Morgan fingerprint density at radius 1 is 1.33 bits per heavy atom. The summed E-state index contributed by atoms with van der Waals surface area (Å²) in [6, 6.07) is 7.95. The molecule has 0 saturated heterocycles. The van der Waals surface area contributed by atoms with Crippen LogP contribution < -0.4 is 5.32 Å². The van der Waals surface area contributed by atoms with E-state index in [9.17, 15) is 4.79 Å². The Bertz CT molecular complexity index is 388. The molecule has 0 bridgehead atoms. The number of hydrogen-bond acceptors (Lipinski definition) is 2. The van der Waals surface area contributed by atoms with Crippen LogP contribution in [0, 0.1) is 12.8 Å². The molecule has 1 aromatic rings. The molecule has 0 spiro atoms. The molecular formula is C15H23NO2. The van der Waals surface area contributed by atoms with Crippen molar-refractivity contribution in [3.63, 3.8) is 0 Å². The molecule has 0 fully saturated rings. The molecule has 3 heteroatoms. The summed E-state index contributed by atoms with van der Waals surface area (Å²) in [5, 5.41) is 12.0. The molecule has 0 heterocycles. The van der Waals surface area contributed by atoms with E-state index in [2.05, 4.69) is 5.32 Å². The zero-order valence-corrected chi connectivity index (χ0v) is 11.4. The van der Waals surface area contributed by atoms with E-state index in [-0.39, 0.29) is 18.6 Å². The van der Waals surface area contributed by atoms with Gasteiger partial charge in [0.1, 0.15) is 0 Å². The predicted octanol–water partition coefficient (Wildman–Crippen LogP) is 2.06. The summed E-state index contributed by atoms with van der Waals surface area (Å²) in [5.41, 5.74) is 2.19. The van der Waals surface area contributed by atoms with Crippen molar-refractivity contribution in [1.29, 1.82) is 0 Å². The molecule has 1 atom stereocenters. The zero-order chi connectivity index (χ0) is 13.5. The first-order valence-corrected chi connectivity index (χ1v) is 6.49. The standard InChI is InChI=1S/C15H23NO2/c1-11(2)14(8-9-17)16-15(18)10-13-7-5-4-6-12(13)3/h4-7,11,14,17H,8-10H2,1-3H3,(H,16,18). The van der Waals surface area contributed by atoms with E-state index in [1.807, 2.05) is 45.0 Å². The molecule has 100 valence electrons. The van der Waals surface area contributed by atoms with Crippen LogP contribution in [0.5, 0.6) is 0 Å². The first kappa shape index (κ1) is 14.7. The number of amides is 1. The molecule has 0 radical (unpaired) electrons.